The second-order valence-electron chi connectivity index (χ2n) is 3.43. The number of benzene rings is 1. The molecule has 1 heterocycles. The van der Waals surface area contributed by atoms with Gasteiger partial charge in [0.25, 0.3) is 10.0 Å². The van der Waals surface area contributed by atoms with Crippen molar-refractivity contribution in [3.05, 3.63) is 36.5 Å². The molecule has 0 aliphatic rings. The molecule has 0 radical (unpaired) electrons. The lowest BCUT2D eigenvalue weighted by Crippen LogP contribution is -2.13. The van der Waals surface area contributed by atoms with Crippen molar-refractivity contribution in [2.24, 2.45) is 0 Å². The number of anilines is 1. The molecule has 102 valence electrons. The summed E-state index contributed by atoms with van der Waals surface area (Å²) in [6, 6.07) is 6.38. The van der Waals surface area contributed by atoms with E-state index in [4.69, 9.17) is 0 Å². The number of aromatic amines is 1. The maximum Gasteiger partial charge on any atom is 0.387 e. The van der Waals surface area contributed by atoms with Crippen LogP contribution in [0.1, 0.15) is 0 Å². The normalized spacial score (nSPS) is 11.5. The molecular formula is C10H9F2N3O3S. The number of hydrogen-bond acceptors (Lipinski definition) is 4. The highest BCUT2D eigenvalue weighted by Gasteiger charge is 2.15. The van der Waals surface area contributed by atoms with Crippen molar-refractivity contribution in [1.82, 2.24) is 10.2 Å². The SMILES string of the molecule is O=S(=O)(Nc1ccc(OC(F)F)cc1)c1ccn[nH]1. The van der Waals surface area contributed by atoms with Crippen molar-refractivity contribution in [3.8, 4) is 5.75 Å². The molecule has 2 aromatic rings. The van der Waals surface area contributed by atoms with Crippen LogP contribution in [0.5, 0.6) is 5.75 Å². The molecule has 0 bridgehead atoms. The van der Waals surface area contributed by atoms with Crippen LogP contribution >= 0.6 is 0 Å². The number of aromatic nitrogens is 2. The van der Waals surface area contributed by atoms with Crippen molar-refractivity contribution in [1.29, 1.82) is 0 Å². The molecule has 2 N–H and O–H groups in total. The molecule has 0 spiro atoms. The lowest BCUT2D eigenvalue weighted by molar-refractivity contribution is -0.0498. The number of nitrogens with zero attached hydrogens (tertiary/aromatic N) is 1. The minimum absolute atomic E-state index is 0.0560. The Kier molecular flexibility index (Phi) is 3.65. The Balaban J connectivity index is 2.12. The molecule has 0 aliphatic heterocycles. The topological polar surface area (TPSA) is 84.1 Å². The average Bonchev–Trinajstić information content (AvgIpc) is 2.85. The van der Waals surface area contributed by atoms with E-state index in [-0.39, 0.29) is 16.5 Å². The van der Waals surface area contributed by atoms with Crippen LogP contribution in [0.25, 0.3) is 0 Å². The van der Waals surface area contributed by atoms with E-state index < -0.39 is 16.6 Å². The van der Waals surface area contributed by atoms with Crippen LogP contribution in [-0.4, -0.2) is 25.2 Å². The van der Waals surface area contributed by atoms with E-state index in [9.17, 15) is 17.2 Å². The van der Waals surface area contributed by atoms with Gasteiger partial charge in [0.2, 0.25) is 0 Å². The number of ether oxygens (including phenoxy) is 1. The molecule has 1 aromatic heterocycles. The molecule has 0 unspecified atom stereocenters. The monoisotopic (exact) mass is 289 g/mol. The predicted octanol–water partition coefficient (Wildman–Crippen LogP) is 1.81. The average molecular weight is 289 g/mol. The first-order valence-electron chi connectivity index (χ1n) is 5.04. The van der Waals surface area contributed by atoms with E-state index in [2.05, 4.69) is 19.7 Å². The van der Waals surface area contributed by atoms with Gasteiger partial charge in [0.15, 0.2) is 5.03 Å². The predicted molar refractivity (Wildman–Crippen MR) is 62.5 cm³/mol. The highest BCUT2D eigenvalue weighted by Crippen LogP contribution is 2.19. The van der Waals surface area contributed by atoms with Crippen LogP contribution in [0.15, 0.2) is 41.6 Å². The van der Waals surface area contributed by atoms with Gasteiger partial charge >= 0.3 is 6.61 Å². The second-order valence-corrected chi connectivity index (χ2v) is 5.08. The summed E-state index contributed by atoms with van der Waals surface area (Å²) in [5.41, 5.74) is 0.219. The van der Waals surface area contributed by atoms with Crippen LogP contribution in [0.4, 0.5) is 14.5 Å². The summed E-state index contributed by atoms with van der Waals surface area (Å²) in [7, 11) is -3.76. The Labute approximate surface area is 107 Å². The molecule has 0 saturated heterocycles. The maximum absolute atomic E-state index is 11.9. The van der Waals surface area contributed by atoms with Gasteiger partial charge in [-0.3, -0.25) is 9.82 Å². The van der Waals surface area contributed by atoms with Gasteiger partial charge in [0.05, 0.1) is 6.20 Å². The largest absolute Gasteiger partial charge is 0.435 e. The number of alkyl halides is 2. The highest BCUT2D eigenvalue weighted by atomic mass is 32.2. The summed E-state index contributed by atoms with van der Waals surface area (Å²) in [5, 5.41) is 5.74. The number of halogens is 2. The molecule has 1 aromatic carbocycles. The fourth-order valence-corrected chi connectivity index (χ4v) is 2.28. The molecule has 0 amide bonds. The first kappa shape index (κ1) is 13.3. The van der Waals surface area contributed by atoms with E-state index in [1.165, 1.54) is 36.5 Å². The molecule has 2 rings (SSSR count). The van der Waals surface area contributed by atoms with Crippen molar-refractivity contribution in [2.75, 3.05) is 4.72 Å². The molecule has 19 heavy (non-hydrogen) atoms. The van der Waals surface area contributed by atoms with E-state index in [0.29, 0.717) is 0 Å². The number of rotatable bonds is 5. The fourth-order valence-electron chi connectivity index (χ4n) is 1.31. The zero-order valence-corrected chi connectivity index (χ0v) is 10.2. The zero-order valence-electron chi connectivity index (χ0n) is 9.38. The highest BCUT2D eigenvalue weighted by molar-refractivity contribution is 7.92. The van der Waals surface area contributed by atoms with Gasteiger partial charge in [-0.25, -0.2) is 0 Å². The third-order valence-corrected chi connectivity index (χ3v) is 3.41. The summed E-state index contributed by atoms with van der Waals surface area (Å²) < 4.78 is 53.9. The Bertz CT molecular complexity index is 627. The smallest absolute Gasteiger partial charge is 0.387 e. The quantitative estimate of drug-likeness (QED) is 0.879. The van der Waals surface area contributed by atoms with E-state index in [1.54, 1.807) is 0 Å². The first-order valence-corrected chi connectivity index (χ1v) is 6.53. The van der Waals surface area contributed by atoms with Crippen LogP contribution < -0.4 is 9.46 Å². The number of nitrogens with one attached hydrogen (secondary N) is 2. The van der Waals surface area contributed by atoms with E-state index >= 15 is 0 Å². The molecular weight excluding hydrogens is 280 g/mol. The van der Waals surface area contributed by atoms with Crippen LogP contribution in [0.2, 0.25) is 0 Å². The van der Waals surface area contributed by atoms with Gasteiger partial charge in [-0.05, 0) is 30.3 Å². The van der Waals surface area contributed by atoms with Crippen molar-refractivity contribution in [3.63, 3.8) is 0 Å². The van der Waals surface area contributed by atoms with Crippen LogP contribution in [0, 0.1) is 0 Å². The number of H-pyrrole nitrogens is 1. The van der Waals surface area contributed by atoms with Crippen LogP contribution in [-0.2, 0) is 10.0 Å². The van der Waals surface area contributed by atoms with E-state index in [0.717, 1.165) is 0 Å². The van der Waals surface area contributed by atoms with Gasteiger partial charge in [-0.1, -0.05) is 0 Å². The summed E-state index contributed by atoms with van der Waals surface area (Å²) >= 11 is 0. The molecule has 0 atom stereocenters. The standard InChI is InChI=1S/C10H9F2N3O3S/c11-10(12)18-8-3-1-7(2-4-8)15-19(16,17)9-5-6-13-14-9/h1-6,10,15H,(H,13,14). The molecule has 0 fully saturated rings. The zero-order chi connectivity index (χ0) is 13.9. The Morgan fingerprint density at radius 2 is 1.89 bits per heavy atom. The number of sulfonamides is 1. The minimum Gasteiger partial charge on any atom is -0.435 e. The summed E-state index contributed by atoms with van der Waals surface area (Å²) in [5.74, 6) is -0.0560. The number of hydrogen-bond donors (Lipinski definition) is 2. The van der Waals surface area contributed by atoms with Gasteiger partial charge in [-0.2, -0.15) is 22.3 Å². The molecule has 6 nitrogen and oxygen atoms in total. The maximum atomic E-state index is 11.9. The Morgan fingerprint density at radius 1 is 1.21 bits per heavy atom. The molecule has 0 aliphatic carbocycles. The lowest BCUT2D eigenvalue weighted by Gasteiger charge is -2.08. The summed E-state index contributed by atoms with van der Waals surface area (Å²) in [6.45, 7) is -2.92. The third kappa shape index (κ3) is 3.41. The summed E-state index contributed by atoms with van der Waals surface area (Å²) in [4.78, 5) is 0. The van der Waals surface area contributed by atoms with Crippen LogP contribution in [0.3, 0.4) is 0 Å². The molecule has 9 heteroatoms. The third-order valence-electron chi connectivity index (χ3n) is 2.10. The van der Waals surface area contributed by atoms with Crippen molar-refractivity contribution in [2.45, 2.75) is 11.6 Å². The van der Waals surface area contributed by atoms with Gasteiger partial charge in [0.1, 0.15) is 5.75 Å². The minimum atomic E-state index is -3.76. The second kappa shape index (κ2) is 5.22. The van der Waals surface area contributed by atoms with Gasteiger partial charge < -0.3 is 4.74 Å². The van der Waals surface area contributed by atoms with E-state index in [1.807, 2.05) is 0 Å². The Morgan fingerprint density at radius 3 is 2.42 bits per heavy atom. The molecule has 0 saturated carbocycles. The van der Waals surface area contributed by atoms with Crippen molar-refractivity contribution < 1.29 is 21.9 Å². The summed E-state index contributed by atoms with van der Waals surface area (Å²) in [6.07, 6.45) is 1.30. The Hall–Kier alpha value is -2.16. The van der Waals surface area contributed by atoms with Gasteiger partial charge in [0, 0.05) is 5.69 Å². The lowest BCUT2D eigenvalue weighted by atomic mass is 10.3. The first-order chi connectivity index (χ1) is 8.97. The van der Waals surface area contributed by atoms with Gasteiger partial charge in [-0.15, -0.1) is 0 Å². The van der Waals surface area contributed by atoms with Crippen molar-refractivity contribution >= 4 is 15.7 Å². The fraction of sp³-hybridized carbons (Fsp3) is 0.100.